The third-order valence-corrected chi connectivity index (χ3v) is 5.92. The lowest BCUT2D eigenvalue weighted by Crippen LogP contribution is -2.37. The molecule has 0 aliphatic carbocycles. The summed E-state index contributed by atoms with van der Waals surface area (Å²) in [5, 5.41) is 4.30. The number of anilines is 2. The van der Waals surface area contributed by atoms with Crippen molar-refractivity contribution in [2.75, 3.05) is 29.0 Å². The fourth-order valence-corrected chi connectivity index (χ4v) is 4.18. The number of esters is 1. The Kier molecular flexibility index (Phi) is 6.82. The molecule has 0 spiro atoms. The van der Waals surface area contributed by atoms with E-state index >= 15 is 0 Å². The summed E-state index contributed by atoms with van der Waals surface area (Å²) >= 11 is 6.18. The Bertz CT molecular complexity index is 1240. The van der Waals surface area contributed by atoms with Gasteiger partial charge >= 0.3 is 5.97 Å². The Labute approximate surface area is 185 Å². The highest BCUT2D eigenvalue weighted by Crippen LogP contribution is 2.29. The van der Waals surface area contributed by atoms with Crippen LogP contribution in [0, 0.1) is 0 Å². The average Bonchev–Trinajstić information content (AvgIpc) is 2.72. The van der Waals surface area contributed by atoms with Gasteiger partial charge in [-0.05, 0) is 36.6 Å². The van der Waals surface area contributed by atoms with E-state index in [9.17, 15) is 18.0 Å². The first-order valence-corrected chi connectivity index (χ1v) is 11.7. The zero-order chi connectivity index (χ0) is 22.6. The number of nitrogens with one attached hydrogen (secondary N) is 1. The SMILES string of the molecule is CCOC(=O)c1ccc(NC(=O)CN(c2cccc3ccccc23)S(C)(=O)=O)c(Cl)c1. The number of sulfonamides is 1. The zero-order valence-electron chi connectivity index (χ0n) is 17.0. The molecule has 162 valence electrons. The van der Waals surface area contributed by atoms with Crippen LogP contribution < -0.4 is 9.62 Å². The number of amides is 1. The lowest BCUT2D eigenvalue weighted by atomic mass is 10.1. The molecule has 0 atom stereocenters. The van der Waals surface area contributed by atoms with Gasteiger partial charge in [0.25, 0.3) is 0 Å². The van der Waals surface area contributed by atoms with Crippen LogP contribution in [0.4, 0.5) is 11.4 Å². The molecule has 31 heavy (non-hydrogen) atoms. The quantitative estimate of drug-likeness (QED) is 0.536. The van der Waals surface area contributed by atoms with Crippen LogP contribution in [0.25, 0.3) is 10.8 Å². The van der Waals surface area contributed by atoms with Crippen molar-refractivity contribution < 1.29 is 22.7 Å². The summed E-state index contributed by atoms with van der Waals surface area (Å²) in [5.41, 5.74) is 0.906. The van der Waals surface area contributed by atoms with Crippen LogP contribution in [0.5, 0.6) is 0 Å². The second-order valence-corrected chi connectivity index (χ2v) is 9.05. The average molecular weight is 461 g/mol. The van der Waals surface area contributed by atoms with E-state index in [-0.39, 0.29) is 22.9 Å². The van der Waals surface area contributed by atoms with E-state index < -0.39 is 28.4 Å². The van der Waals surface area contributed by atoms with Crippen molar-refractivity contribution in [3.05, 3.63) is 71.2 Å². The number of hydrogen-bond donors (Lipinski definition) is 1. The summed E-state index contributed by atoms with van der Waals surface area (Å²) in [7, 11) is -3.75. The molecule has 0 unspecified atom stereocenters. The Morgan fingerprint density at radius 1 is 1.06 bits per heavy atom. The summed E-state index contributed by atoms with van der Waals surface area (Å²) in [5.74, 6) is -1.11. The van der Waals surface area contributed by atoms with Crippen LogP contribution in [0.15, 0.2) is 60.7 Å². The first kappa shape index (κ1) is 22.6. The van der Waals surface area contributed by atoms with Gasteiger partial charge in [0, 0.05) is 5.39 Å². The molecule has 7 nitrogen and oxygen atoms in total. The number of hydrogen-bond acceptors (Lipinski definition) is 5. The van der Waals surface area contributed by atoms with Gasteiger partial charge in [-0.25, -0.2) is 13.2 Å². The van der Waals surface area contributed by atoms with Crippen molar-refractivity contribution >= 4 is 55.6 Å². The van der Waals surface area contributed by atoms with E-state index in [0.717, 1.165) is 15.9 Å². The maximum atomic E-state index is 12.7. The molecular formula is C22H21ClN2O5S. The van der Waals surface area contributed by atoms with Gasteiger partial charge < -0.3 is 10.1 Å². The maximum Gasteiger partial charge on any atom is 0.338 e. The molecule has 0 radical (unpaired) electrons. The second-order valence-electron chi connectivity index (χ2n) is 6.73. The normalized spacial score (nSPS) is 11.2. The van der Waals surface area contributed by atoms with Gasteiger partial charge in [0.2, 0.25) is 15.9 Å². The third-order valence-electron chi connectivity index (χ3n) is 4.48. The molecule has 0 aliphatic heterocycles. The van der Waals surface area contributed by atoms with E-state index in [1.54, 1.807) is 31.2 Å². The molecule has 0 aromatic heterocycles. The van der Waals surface area contributed by atoms with Gasteiger partial charge in [0.15, 0.2) is 0 Å². The van der Waals surface area contributed by atoms with Gasteiger partial charge in [-0.1, -0.05) is 48.0 Å². The van der Waals surface area contributed by atoms with Crippen molar-refractivity contribution in [3.8, 4) is 0 Å². The highest BCUT2D eigenvalue weighted by atomic mass is 35.5. The largest absolute Gasteiger partial charge is 0.462 e. The summed E-state index contributed by atoms with van der Waals surface area (Å²) < 4.78 is 30.9. The maximum absolute atomic E-state index is 12.7. The van der Waals surface area contributed by atoms with E-state index in [2.05, 4.69) is 5.32 Å². The summed E-state index contributed by atoms with van der Waals surface area (Å²) in [6.07, 6.45) is 1.04. The van der Waals surface area contributed by atoms with E-state index in [0.29, 0.717) is 11.1 Å². The van der Waals surface area contributed by atoms with Gasteiger partial charge in [-0.3, -0.25) is 9.10 Å². The number of rotatable bonds is 7. The lowest BCUT2D eigenvalue weighted by Gasteiger charge is -2.23. The minimum absolute atomic E-state index is 0.134. The van der Waals surface area contributed by atoms with Crippen molar-refractivity contribution in [1.29, 1.82) is 0 Å². The van der Waals surface area contributed by atoms with Crippen LogP contribution in [0.1, 0.15) is 17.3 Å². The van der Waals surface area contributed by atoms with Crippen LogP contribution >= 0.6 is 11.6 Å². The number of halogens is 1. The van der Waals surface area contributed by atoms with Crippen LogP contribution in [0.2, 0.25) is 5.02 Å². The minimum Gasteiger partial charge on any atom is -0.462 e. The molecule has 0 saturated carbocycles. The number of fused-ring (bicyclic) bond motifs is 1. The number of benzene rings is 3. The molecule has 9 heteroatoms. The lowest BCUT2D eigenvalue weighted by molar-refractivity contribution is -0.114. The van der Waals surface area contributed by atoms with Crippen molar-refractivity contribution in [2.24, 2.45) is 0 Å². The van der Waals surface area contributed by atoms with E-state index in [4.69, 9.17) is 16.3 Å². The zero-order valence-corrected chi connectivity index (χ0v) is 18.5. The Morgan fingerprint density at radius 2 is 1.77 bits per heavy atom. The van der Waals surface area contributed by atoms with Gasteiger partial charge in [0.05, 0.1) is 34.8 Å². The van der Waals surface area contributed by atoms with Crippen LogP contribution in [-0.4, -0.2) is 39.7 Å². The standard InChI is InChI=1S/C22H21ClN2O5S/c1-3-30-22(27)16-11-12-19(18(23)13-16)24-21(26)14-25(31(2,28)29)20-10-6-8-15-7-4-5-9-17(15)20/h4-13H,3,14H2,1-2H3,(H,24,26). The molecule has 3 aromatic carbocycles. The number of ether oxygens (including phenoxy) is 1. The van der Waals surface area contributed by atoms with Crippen LogP contribution in [-0.2, 0) is 19.6 Å². The predicted octanol–water partition coefficient (Wildman–Crippen LogP) is 4.07. The first-order valence-electron chi connectivity index (χ1n) is 9.42. The molecule has 0 saturated heterocycles. The third kappa shape index (κ3) is 5.34. The highest BCUT2D eigenvalue weighted by molar-refractivity contribution is 7.92. The Morgan fingerprint density at radius 3 is 2.45 bits per heavy atom. The van der Waals surface area contributed by atoms with Crippen molar-refractivity contribution in [1.82, 2.24) is 0 Å². The highest BCUT2D eigenvalue weighted by Gasteiger charge is 2.23. The molecule has 1 amide bonds. The van der Waals surface area contributed by atoms with Crippen molar-refractivity contribution in [2.45, 2.75) is 6.92 Å². The number of carbonyl (C=O) groups excluding carboxylic acids is 2. The monoisotopic (exact) mass is 460 g/mol. The molecular weight excluding hydrogens is 440 g/mol. The summed E-state index contributed by atoms with van der Waals surface area (Å²) in [6, 6.07) is 16.9. The molecule has 3 rings (SSSR count). The smallest absolute Gasteiger partial charge is 0.338 e. The topological polar surface area (TPSA) is 92.8 Å². The second kappa shape index (κ2) is 9.36. The molecule has 1 N–H and O–H groups in total. The fraction of sp³-hybridized carbons (Fsp3) is 0.182. The molecule has 0 heterocycles. The molecule has 0 aliphatic rings. The first-order chi connectivity index (χ1) is 14.7. The van der Waals surface area contributed by atoms with Gasteiger partial charge in [-0.2, -0.15) is 0 Å². The summed E-state index contributed by atoms with van der Waals surface area (Å²) in [4.78, 5) is 24.5. The Hall–Kier alpha value is -3.10. The predicted molar refractivity (Wildman–Crippen MR) is 122 cm³/mol. The van der Waals surface area contributed by atoms with E-state index in [1.807, 2.05) is 18.2 Å². The van der Waals surface area contributed by atoms with Crippen LogP contribution in [0.3, 0.4) is 0 Å². The molecule has 0 fully saturated rings. The minimum atomic E-state index is -3.75. The summed E-state index contributed by atoms with van der Waals surface area (Å²) in [6.45, 7) is 1.48. The van der Waals surface area contributed by atoms with Gasteiger partial charge in [0.1, 0.15) is 6.54 Å². The van der Waals surface area contributed by atoms with Crippen molar-refractivity contribution in [3.63, 3.8) is 0 Å². The number of nitrogens with zero attached hydrogens (tertiary/aromatic N) is 1. The number of carbonyl (C=O) groups is 2. The van der Waals surface area contributed by atoms with E-state index in [1.165, 1.54) is 18.2 Å². The fourth-order valence-electron chi connectivity index (χ4n) is 3.08. The molecule has 3 aromatic rings. The molecule has 0 bridgehead atoms. The van der Waals surface area contributed by atoms with Gasteiger partial charge in [-0.15, -0.1) is 0 Å². The Balaban J connectivity index is 1.85.